The number of nitrogens with one attached hydrogen (secondary N) is 1. The highest BCUT2D eigenvalue weighted by atomic mass is 16.5. The molecular weight excluding hydrogens is 316 g/mol. The molecule has 1 aromatic heterocycles. The number of ether oxygens (including phenoxy) is 1. The second-order valence-electron chi connectivity index (χ2n) is 5.74. The lowest BCUT2D eigenvalue weighted by Crippen LogP contribution is -2.29. The molecule has 5 nitrogen and oxygen atoms in total. The first kappa shape index (κ1) is 16.8. The van der Waals surface area contributed by atoms with Crippen molar-refractivity contribution in [3.63, 3.8) is 0 Å². The van der Waals surface area contributed by atoms with E-state index in [4.69, 9.17) is 9.15 Å². The van der Waals surface area contributed by atoms with Gasteiger partial charge in [0, 0.05) is 11.8 Å². The topological polar surface area (TPSA) is 54.7 Å². The predicted molar refractivity (Wildman–Crippen MR) is 96.6 cm³/mol. The van der Waals surface area contributed by atoms with Crippen molar-refractivity contribution < 1.29 is 13.9 Å². The molecule has 3 aromatic rings. The molecule has 0 aliphatic heterocycles. The molecule has 25 heavy (non-hydrogen) atoms. The molecule has 0 fully saturated rings. The number of para-hydroxylation sites is 1. The molecule has 128 valence electrons. The van der Waals surface area contributed by atoms with Crippen molar-refractivity contribution in [2.24, 2.45) is 0 Å². The van der Waals surface area contributed by atoms with Crippen LogP contribution < -0.4 is 10.1 Å². The second-order valence-corrected chi connectivity index (χ2v) is 5.74. The van der Waals surface area contributed by atoms with Gasteiger partial charge in [-0.2, -0.15) is 0 Å². The Hall–Kier alpha value is -3.05. The fourth-order valence-corrected chi connectivity index (χ4v) is 2.43. The van der Waals surface area contributed by atoms with E-state index in [1.165, 1.54) is 0 Å². The number of carbonyl (C=O) groups excluding carboxylic acids is 1. The fraction of sp³-hybridized carbons (Fsp3) is 0.150. The first-order chi connectivity index (χ1) is 12.2. The maximum atomic E-state index is 12.2. The Morgan fingerprint density at radius 1 is 1.04 bits per heavy atom. The summed E-state index contributed by atoms with van der Waals surface area (Å²) in [5.74, 6) is 2.16. The van der Waals surface area contributed by atoms with Crippen LogP contribution in [0.15, 0.2) is 77.4 Å². The zero-order chi connectivity index (χ0) is 17.5. The molecule has 0 saturated heterocycles. The normalized spacial score (nSPS) is 10.6. The molecule has 0 bridgehead atoms. The average Bonchev–Trinajstić information content (AvgIpc) is 3.08. The third kappa shape index (κ3) is 5.22. The van der Waals surface area contributed by atoms with Crippen LogP contribution in [0.3, 0.4) is 0 Å². The van der Waals surface area contributed by atoms with E-state index in [1.807, 2.05) is 72.6 Å². The molecule has 0 radical (unpaired) electrons. The predicted octanol–water partition coefficient (Wildman–Crippen LogP) is 4.14. The first-order valence-corrected chi connectivity index (χ1v) is 8.03. The Morgan fingerprint density at radius 3 is 2.60 bits per heavy atom. The van der Waals surface area contributed by atoms with Crippen LogP contribution in [0, 0.1) is 0 Å². The van der Waals surface area contributed by atoms with Gasteiger partial charge in [-0.1, -0.05) is 24.3 Å². The maximum Gasteiger partial charge on any atom is 0.238 e. The summed E-state index contributed by atoms with van der Waals surface area (Å²) in [5, 5.41) is 2.89. The fourth-order valence-electron chi connectivity index (χ4n) is 2.43. The van der Waals surface area contributed by atoms with Crippen LogP contribution in [-0.4, -0.2) is 24.4 Å². The summed E-state index contributed by atoms with van der Waals surface area (Å²) >= 11 is 0. The van der Waals surface area contributed by atoms with Gasteiger partial charge >= 0.3 is 0 Å². The van der Waals surface area contributed by atoms with Crippen molar-refractivity contribution in [2.45, 2.75) is 6.54 Å². The number of rotatable bonds is 7. The number of carbonyl (C=O) groups is 1. The monoisotopic (exact) mass is 336 g/mol. The zero-order valence-electron chi connectivity index (χ0n) is 14.0. The Labute approximate surface area is 146 Å². The zero-order valence-corrected chi connectivity index (χ0v) is 14.0. The molecule has 5 heteroatoms. The minimum Gasteiger partial charge on any atom is -0.468 e. The molecule has 0 spiro atoms. The number of benzene rings is 2. The molecule has 0 atom stereocenters. The van der Waals surface area contributed by atoms with E-state index in [2.05, 4.69) is 5.32 Å². The molecule has 1 heterocycles. The summed E-state index contributed by atoms with van der Waals surface area (Å²) in [6.07, 6.45) is 1.63. The smallest absolute Gasteiger partial charge is 0.238 e. The van der Waals surface area contributed by atoms with Gasteiger partial charge in [0.15, 0.2) is 0 Å². The van der Waals surface area contributed by atoms with Crippen LogP contribution in [-0.2, 0) is 11.3 Å². The van der Waals surface area contributed by atoms with E-state index >= 15 is 0 Å². The molecular formula is C20H20N2O3. The maximum absolute atomic E-state index is 12.2. The van der Waals surface area contributed by atoms with Crippen LogP contribution in [0.5, 0.6) is 11.5 Å². The van der Waals surface area contributed by atoms with Crippen molar-refractivity contribution in [1.82, 2.24) is 4.90 Å². The Balaban J connectivity index is 1.55. The number of nitrogens with zero attached hydrogens (tertiary/aromatic N) is 1. The summed E-state index contributed by atoms with van der Waals surface area (Å²) in [4.78, 5) is 14.1. The van der Waals surface area contributed by atoms with Crippen LogP contribution in [0.2, 0.25) is 0 Å². The summed E-state index contributed by atoms with van der Waals surface area (Å²) in [6.45, 7) is 0.849. The third-order valence-corrected chi connectivity index (χ3v) is 3.52. The Morgan fingerprint density at radius 2 is 1.84 bits per heavy atom. The van der Waals surface area contributed by atoms with Gasteiger partial charge in [0.1, 0.15) is 17.3 Å². The van der Waals surface area contributed by atoms with E-state index in [1.54, 1.807) is 12.3 Å². The lowest BCUT2D eigenvalue weighted by atomic mass is 10.3. The Kier molecular flexibility index (Phi) is 5.49. The standard InChI is InChI=1S/C20H20N2O3/c1-22(14-19-11-6-12-24-19)15-20(23)21-16-7-5-10-18(13-16)25-17-8-3-2-4-9-17/h2-13H,14-15H2,1H3,(H,21,23). The van der Waals surface area contributed by atoms with E-state index in [-0.39, 0.29) is 12.5 Å². The van der Waals surface area contributed by atoms with E-state index in [0.717, 1.165) is 11.5 Å². The molecule has 1 amide bonds. The van der Waals surface area contributed by atoms with Gasteiger partial charge in [-0.05, 0) is 43.4 Å². The molecule has 1 N–H and O–H groups in total. The van der Waals surface area contributed by atoms with E-state index in [0.29, 0.717) is 18.0 Å². The van der Waals surface area contributed by atoms with Crippen molar-refractivity contribution in [2.75, 3.05) is 18.9 Å². The van der Waals surface area contributed by atoms with Crippen molar-refractivity contribution in [1.29, 1.82) is 0 Å². The van der Waals surface area contributed by atoms with Crippen molar-refractivity contribution in [3.05, 3.63) is 78.8 Å². The van der Waals surface area contributed by atoms with Crippen LogP contribution in [0.1, 0.15) is 5.76 Å². The number of amides is 1. The highest BCUT2D eigenvalue weighted by molar-refractivity contribution is 5.92. The summed E-state index contributed by atoms with van der Waals surface area (Å²) in [7, 11) is 1.87. The van der Waals surface area contributed by atoms with Crippen molar-refractivity contribution >= 4 is 11.6 Å². The molecule has 2 aromatic carbocycles. The molecule has 0 saturated carbocycles. The highest BCUT2D eigenvalue weighted by Gasteiger charge is 2.09. The van der Waals surface area contributed by atoms with Crippen LogP contribution >= 0.6 is 0 Å². The summed E-state index contributed by atoms with van der Waals surface area (Å²) in [6, 6.07) is 20.6. The van der Waals surface area contributed by atoms with Crippen LogP contribution in [0.25, 0.3) is 0 Å². The van der Waals surface area contributed by atoms with Gasteiger partial charge < -0.3 is 14.5 Å². The van der Waals surface area contributed by atoms with Gasteiger partial charge in [0.2, 0.25) is 5.91 Å². The number of anilines is 1. The Bertz CT molecular complexity index is 801. The van der Waals surface area contributed by atoms with Gasteiger partial charge in [-0.15, -0.1) is 0 Å². The third-order valence-electron chi connectivity index (χ3n) is 3.52. The number of hydrogen-bond donors (Lipinski definition) is 1. The quantitative estimate of drug-likeness (QED) is 0.704. The van der Waals surface area contributed by atoms with Gasteiger partial charge in [-0.3, -0.25) is 9.69 Å². The van der Waals surface area contributed by atoms with Crippen molar-refractivity contribution in [3.8, 4) is 11.5 Å². The molecule has 0 aliphatic rings. The minimum atomic E-state index is -0.0917. The number of likely N-dealkylation sites (N-methyl/N-ethyl adjacent to an activating group) is 1. The lowest BCUT2D eigenvalue weighted by molar-refractivity contribution is -0.117. The van der Waals surface area contributed by atoms with Gasteiger partial charge in [-0.25, -0.2) is 0 Å². The largest absolute Gasteiger partial charge is 0.468 e. The van der Waals surface area contributed by atoms with E-state index < -0.39 is 0 Å². The molecule has 0 unspecified atom stereocenters. The van der Waals surface area contributed by atoms with E-state index in [9.17, 15) is 4.79 Å². The summed E-state index contributed by atoms with van der Waals surface area (Å²) < 4.78 is 11.1. The average molecular weight is 336 g/mol. The number of furan rings is 1. The minimum absolute atomic E-state index is 0.0917. The first-order valence-electron chi connectivity index (χ1n) is 8.03. The molecule has 3 rings (SSSR count). The lowest BCUT2D eigenvalue weighted by Gasteiger charge is -2.15. The molecule has 0 aliphatic carbocycles. The van der Waals surface area contributed by atoms with Crippen LogP contribution in [0.4, 0.5) is 5.69 Å². The number of hydrogen-bond acceptors (Lipinski definition) is 4. The highest BCUT2D eigenvalue weighted by Crippen LogP contribution is 2.23. The van der Waals surface area contributed by atoms with Gasteiger partial charge in [0.05, 0.1) is 19.4 Å². The SMILES string of the molecule is CN(CC(=O)Nc1cccc(Oc2ccccc2)c1)Cc1ccco1. The summed E-state index contributed by atoms with van der Waals surface area (Å²) in [5.41, 5.74) is 0.699. The second kappa shape index (κ2) is 8.17. The van der Waals surface area contributed by atoms with Gasteiger partial charge in [0.25, 0.3) is 0 Å².